The van der Waals surface area contributed by atoms with E-state index in [9.17, 15) is 9.90 Å². The number of para-hydroxylation sites is 1. The van der Waals surface area contributed by atoms with Gasteiger partial charge in [0, 0.05) is 16.9 Å². The summed E-state index contributed by atoms with van der Waals surface area (Å²) in [6, 6.07) is 34.3. The first-order valence-corrected chi connectivity index (χ1v) is 13.4. The zero-order valence-corrected chi connectivity index (χ0v) is 21.7. The van der Waals surface area contributed by atoms with Crippen LogP contribution < -0.4 is 4.90 Å². The molecule has 2 aromatic heterocycles. The standard InChI is InChI=1S/C31H24N4O3S/c36-27-16-13-23(14-17-27)30-32-33-31(34(30)20-28-11-6-18-38-28)39-21-29(37)35(25-9-2-1-3-10-25)26-15-12-22-7-4-5-8-24(22)19-26/h1-19,36H,20-21H2. The van der Waals surface area contributed by atoms with Crippen LogP contribution in [0.5, 0.6) is 5.75 Å². The average molecular weight is 533 g/mol. The van der Waals surface area contributed by atoms with Gasteiger partial charge in [-0.25, -0.2) is 0 Å². The van der Waals surface area contributed by atoms with Crippen molar-refractivity contribution < 1.29 is 14.3 Å². The minimum absolute atomic E-state index is 0.0831. The summed E-state index contributed by atoms with van der Waals surface area (Å²) < 4.78 is 7.51. The van der Waals surface area contributed by atoms with Crippen molar-refractivity contribution in [2.75, 3.05) is 10.7 Å². The van der Waals surface area contributed by atoms with E-state index in [0.29, 0.717) is 17.5 Å². The van der Waals surface area contributed by atoms with Gasteiger partial charge in [-0.1, -0.05) is 60.3 Å². The van der Waals surface area contributed by atoms with E-state index in [1.54, 1.807) is 35.4 Å². The Kier molecular flexibility index (Phi) is 6.84. The number of nitrogens with zero attached hydrogens (tertiary/aromatic N) is 4. The number of hydrogen-bond donors (Lipinski definition) is 1. The molecule has 0 saturated heterocycles. The molecular formula is C31H24N4O3S. The van der Waals surface area contributed by atoms with Crippen LogP contribution in [0.25, 0.3) is 22.2 Å². The molecule has 0 bridgehead atoms. The number of thioether (sulfide) groups is 1. The Balaban J connectivity index is 1.31. The number of phenolic OH excluding ortho intramolecular Hbond substituents is 1. The Labute approximate surface area is 229 Å². The predicted molar refractivity (Wildman–Crippen MR) is 153 cm³/mol. The van der Waals surface area contributed by atoms with Crippen molar-refractivity contribution in [1.29, 1.82) is 0 Å². The molecule has 4 aromatic carbocycles. The van der Waals surface area contributed by atoms with Crippen LogP contribution in [0.15, 0.2) is 125 Å². The lowest BCUT2D eigenvalue weighted by atomic mass is 10.1. The minimum atomic E-state index is -0.0831. The summed E-state index contributed by atoms with van der Waals surface area (Å²) in [5.41, 5.74) is 2.39. The summed E-state index contributed by atoms with van der Waals surface area (Å²) in [5.74, 6) is 1.60. The second-order valence-corrected chi connectivity index (χ2v) is 9.85. The molecule has 8 heteroatoms. The van der Waals surface area contributed by atoms with Crippen molar-refractivity contribution in [3.63, 3.8) is 0 Å². The molecule has 0 radical (unpaired) electrons. The maximum Gasteiger partial charge on any atom is 0.242 e. The number of hydrogen-bond acceptors (Lipinski definition) is 6. The zero-order valence-electron chi connectivity index (χ0n) is 20.8. The van der Waals surface area contributed by atoms with Gasteiger partial charge in [-0.3, -0.25) is 14.3 Å². The van der Waals surface area contributed by atoms with Crippen LogP contribution in [0, 0.1) is 0 Å². The first-order chi connectivity index (χ1) is 19.2. The lowest BCUT2D eigenvalue weighted by Crippen LogP contribution is -2.27. The van der Waals surface area contributed by atoms with Crippen molar-refractivity contribution in [1.82, 2.24) is 14.8 Å². The molecule has 0 saturated carbocycles. The van der Waals surface area contributed by atoms with Crippen LogP contribution >= 0.6 is 11.8 Å². The number of aromatic nitrogens is 3. The number of carbonyl (C=O) groups is 1. The Hall–Kier alpha value is -4.82. The number of phenols is 1. The third-order valence-electron chi connectivity index (χ3n) is 6.32. The number of rotatable bonds is 8. The van der Waals surface area contributed by atoms with Gasteiger partial charge in [-0.05, 0) is 71.4 Å². The lowest BCUT2D eigenvalue weighted by Gasteiger charge is -2.23. The molecule has 2 heterocycles. The number of fused-ring (bicyclic) bond motifs is 1. The molecule has 0 fully saturated rings. The Morgan fingerprint density at radius 1 is 0.821 bits per heavy atom. The molecular weight excluding hydrogens is 508 g/mol. The van der Waals surface area contributed by atoms with Crippen LogP contribution in [0.2, 0.25) is 0 Å². The third kappa shape index (κ3) is 5.28. The molecule has 1 amide bonds. The highest BCUT2D eigenvalue weighted by molar-refractivity contribution is 7.99. The van der Waals surface area contributed by atoms with Crippen molar-refractivity contribution >= 4 is 39.8 Å². The summed E-state index contributed by atoms with van der Waals surface area (Å²) in [6.07, 6.45) is 1.62. The molecule has 0 atom stereocenters. The van der Waals surface area contributed by atoms with Crippen LogP contribution in [0.1, 0.15) is 5.76 Å². The van der Waals surface area contributed by atoms with Crippen molar-refractivity contribution in [3.05, 3.63) is 121 Å². The first-order valence-electron chi connectivity index (χ1n) is 12.4. The van der Waals surface area contributed by atoms with Crippen molar-refractivity contribution in [2.24, 2.45) is 0 Å². The third-order valence-corrected chi connectivity index (χ3v) is 7.27. The summed E-state index contributed by atoms with van der Waals surface area (Å²) in [4.78, 5) is 15.5. The number of amides is 1. The van der Waals surface area contributed by atoms with E-state index in [1.807, 2.05) is 83.4 Å². The molecule has 0 spiro atoms. The molecule has 7 nitrogen and oxygen atoms in total. The number of anilines is 2. The number of benzene rings is 4. The van der Waals surface area contributed by atoms with Gasteiger partial charge in [0.25, 0.3) is 0 Å². The normalized spacial score (nSPS) is 11.1. The fraction of sp³-hybridized carbons (Fsp3) is 0.0645. The monoisotopic (exact) mass is 532 g/mol. The fourth-order valence-corrected chi connectivity index (χ4v) is 5.23. The summed E-state index contributed by atoms with van der Waals surface area (Å²) >= 11 is 1.32. The van der Waals surface area contributed by atoms with Gasteiger partial charge in [0.1, 0.15) is 11.5 Å². The van der Waals surface area contributed by atoms with E-state index < -0.39 is 0 Å². The Morgan fingerprint density at radius 2 is 1.59 bits per heavy atom. The fourth-order valence-electron chi connectivity index (χ4n) is 4.44. The molecule has 6 aromatic rings. The van der Waals surface area contributed by atoms with E-state index in [0.717, 1.165) is 33.5 Å². The van der Waals surface area contributed by atoms with Crippen LogP contribution in [0.3, 0.4) is 0 Å². The quantitative estimate of drug-likeness (QED) is 0.215. The second kappa shape index (κ2) is 10.9. The molecule has 0 aliphatic carbocycles. The molecule has 1 N–H and O–H groups in total. The van der Waals surface area contributed by atoms with Gasteiger partial charge in [0.2, 0.25) is 5.91 Å². The smallest absolute Gasteiger partial charge is 0.242 e. The van der Waals surface area contributed by atoms with Crippen LogP contribution in [-0.2, 0) is 11.3 Å². The summed E-state index contributed by atoms with van der Waals surface area (Å²) in [5, 5.41) is 21.3. The van der Waals surface area contributed by atoms with Gasteiger partial charge in [0.15, 0.2) is 11.0 Å². The van der Waals surface area contributed by atoms with E-state index in [2.05, 4.69) is 16.3 Å². The highest BCUT2D eigenvalue weighted by atomic mass is 32.2. The SMILES string of the molecule is O=C(CSc1nnc(-c2ccc(O)cc2)n1Cc1ccco1)N(c1ccccc1)c1ccc2ccccc2c1. The van der Waals surface area contributed by atoms with Gasteiger partial charge in [-0.2, -0.15) is 0 Å². The zero-order chi connectivity index (χ0) is 26.6. The summed E-state index contributed by atoms with van der Waals surface area (Å²) in [7, 11) is 0. The van der Waals surface area contributed by atoms with Crippen molar-refractivity contribution in [3.8, 4) is 17.1 Å². The van der Waals surface area contributed by atoms with E-state index >= 15 is 0 Å². The molecule has 39 heavy (non-hydrogen) atoms. The summed E-state index contributed by atoms with van der Waals surface area (Å²) in [6.45, 7) is 0.403. The van der Waals surface area contributed by atoms with Crippen LogP contribution in [0.4, 0.5) is 11.4 Å². The topological polar surface area (TPSA) is 84.4 Å². The lowest BCUT2D eigenvalue weighted by molar-refractivity contribution is -0.115. The van der Waals surface area contributed by atoms with Gasteiger partial charge >= 0.3 is 0 Å². The van der Waals surface area contributed by atoms with E-state index in [1.165, 1.54) is 11.8 Å². The molecule has 192 valence electrons. The van der Waals surface area contributed by atoms with E-state index in [-0.39, 0.29) is 17.4 Å². The average Bonchev–Trinajstić information content (AvgIpc) is 3.63. The highest BCUT2D eigenvalue weighted by Crippen LogP contribution is 2.31. The van der Waals surface area contributed by atoms with E-state index in [4.69, 9.17) is 4.42 Å². The number of furan rings is 1. The minimum Gasteiger partial charge on any atom is -0.508 e. The Morgan fingerprint density at radius 3 is 2.36 bits per heavy atom. The van der Waals surface area contributed by atoms with Gasteiger partial charge in [0.05, 0.1) is 18.6 Å². The Bertz CT molecular complexity index is 1710. The van der Waals surface area contributed by atoms with Gasteiger partial charge < -0.3 is 9.52 Å². The second-order valence-electron chi connectivity index (χ2n) is 8.90. The maximum atomic E-state index is 13.8. The van der Waals surface area contributed by atoms with Crippen molar-refractivity contribution in [2.45, 2.75) is 11.7 Å². The predicted octanol–water partition coefficient (Wildman–Crippen LogP) is 6.90. The molecule has 0 unspecified atom stereocenters. The van der Waals surface area contributed by atoms with Gasteiger partial charge in [-0.15, -0.1) is 10.2 Å². The first kappa shape index (κ1) is 24.5. The number of carbonyl (C=O) groups excluding carboxylic acids is 1. The van der Waals surface area contributed by atoms with Crippen LogP contribution in [-0.4, -0.2) is 31.5 Å². The molecule has 6 rings (SSSR count). The molecule has 0 aliphatic rings. The maximum absolute atomic E-state index is 13.8. The largest absolute Gasteiger partial charge is 0.508 e. The highest BCUT2D eigenvalue weighted by Gasteiger charge is 2.22. The number of aromatic hydroxyl groups is 1. The molecule has 0 aliphatic heterocycles.